The standard InChI is InChI=1S/C19H25N3O2/c23-17-12-18(20-16-9-5-4-8-15(16)17)21-10-11-22(19(24)13-21)14-6-2-1-3-7-14/h5,9,14H,1-4,6-8,10-13H2. The third-order valence-electron chi connectivity index (χ3n) is 5.69. The lowest BCUT2D eigenvalue weighted by atomic mass is 9.93. The minimum Gasteiger partial charge on any atom is -0.349 e. The van der Waals surface area contributed by atoms with Crippen molar-refractivity contribution < 1.29 is 9.59 Å². The summed E-state index contributed by atoms with van der Waals surface area (Å²) in [5.41, 5.74) is 1.68. The van der Waals surface area contributed by atoms with Crippen LogP contribution in [0, 0.1) is 0 Å². The van der Waals surface area contributed by atoms with Gasteiger partial charge in [-0.25, -0.2) is 4.99 Å². The van der Waals surface area contributed by atoms with E-state index < -0.39 is 0 Å². The van der Waals surface area contributed by atoms with Crippen molar-refractivity contribution in [3.8, 4) is 0 Å². The molecule has 0 aromatic carbocycles. The highest BCUT2D eigenvalue weighted by molar-refractivity contribution is 6.12. The fourth-order valence-corrected chi connectivity index (χ4v) is 4.34. The van der Waals surface area contributed by atoms with Gasteiger partial charge in [-0.1, -0.05) is 25.3 Å². The minimum absolute atomic E-state index is 0.182. The second-order valence-corrected chi connectivity index (χ2v) is 7.23. The first-order chi connectivity index (χ1) is 11.7. The van der Waals surface area contributed by atoms with Crippen LogP contribution < -0.4 is 0 Å². The Bertz CT molecular complexity index is 641. The number of ketones is 1. The first-order valence-electron chi connectivity index (χ1n) is 9.27. The van der Waals surface area contributed by atoms with Crippen LogP contribution in [0.4, 0.5) is 0 Å². The molecule has 1 amide bonds. The highest BCUT2D eigenvalue weighted by Crippen LogP contribution is 2.28. The van der Waals surface area contributed by atoms with Crippen LogP contribution in [0.2, 0.25) is 0 Å². The second-order valence-electron chi connectivity index (χ2n) is 7.23. The van der Waals surface area contributed by atoms with E-state index in [1.54, 1.807) is 0 Å². The van der Waals surface area contributed by atoms with E-state index in [4.69, 9.17) is 4.99 Å². The van der Waals surface area contributed by atoms with Crippen LogP contribution >= 0.6 is 0 Å². The van der Waals surface area contributed by atoms with Crippen molar-refractivity contribution in [2.45, 2.75) is 57.4 Å². The summed E-state index contributed by atoms with van der Waals surface area (Å²) in [4.78, 5) is 33.8. The van der Waals surface area contributed by atoms with Crippen molar-refractivity contribution in [2.24, 2.45) is 4.99 Å². The average Bonchev–Trinajstić information content (AvgIpc) is 2.62. The highest BCUT2D eigenvalue weighted by Gasteiger charge is 2.33. The van der Waals surface area contributed by atoms with Gasteiger partial charge in [-0.15, -0.1) is 0 Å². The van der Waals surface area contributed by atoms with Gasteiger partial charge in [-0.3, -0.25) is 9.59 Å². The van der Waals surface area contributed by atoms with E-state index in [-0.39, 0.29) is 11.7 Å². The lowest BCUT2D eigenvalue weighted by Crippen LogP contribution is -2.56. The van der Waals surface area contributed by atoms with Gasteiger partial charge >= 0.3 is 0 Å². The lowest BCUT2D eigenvalue weighted by Gasteiger charge is -2.41. The molecule has 5 heteroatoms. The Kier molecular flexibility index (Phi) is 4.25. The molecule has 4 aliphatic rings. The Labute approximate surface area is 143 Å². The normalized spacial score (nSPS) is 25.9. The van der Waals surface area contributed by atoms with E-state index in [1.807, 2.05) is 11.0 Å². The van der Waals surface area contributed by atoms with Gasteiger partial charge in [0, 0.05) is 24.7 Å². The summed E-state index contributed by atoms with van der Waals surface area (Å²) in [5, 5.41) is 0. The molecular weight excluding hydrogens is 302 g/mol. The number of nitrogens with zero attached hydrogens (tertiary/aromatic N) is 3. The Hall–Kier alpha value is -1.91. The minimum atomic E-state index is 0.182. The van der Waals surface area contributed by atoms with Gasteiger partial charge < -0.3 is 9.80 Å². The zero-order valence-electron chi connectivity index (χ0n) is 14.2. The largest absolute Gasteiger partial charge is 0.349 e. The van der Waals surface area contributed by atoms with Gasteiger partial charge in [-0.2, -0.15) is 0 Å². The SMILES string of the molecule is O=C1CC(N2CCN(C3CCCCC3)C(=O)C2)=NC2=C1CCC=C2. The number of amides is 1. The van der Waals surface area contributed by atoms with Gasteiger partial charge in [0.2, 0.25) is 5.91 Å². The number of hydrogen-bond donors (Lipinski definition) is 0. The molecule has 5 nitrogen and oxygen atoms in total. The van der Waals surface area contributed by atoms with E-state index in [2.05, 4.69) is 11.0 Å². The molecule has 2 heterocycles. The third kappa shape index (κ3) is 2.92. The van der Waals surface area contributed by atoms with Crippen molar-refractivity contribution in [3.05, 3.63) is 23.4 Å². The van der Waals surface area contributed by atoms with E-state index in [0.29, 0.717) is 19.0 Å². The van der Waals surface area contributed by atoms with Crippen molar-refractivity contribution >= 4 is 17.5 Å². The van der Waals surface area contributed by atoms with Gasteiger partial charge in [0.1, 0.15) is 5.84 Å². The molecule has 0 spiro atoms. The van der Waals surface area contributed by atoms with Gasteiger partial charge in [0.15, 0.2) is 5.78 Å². The number of piperazine rings is 1. The van der Waals surface area contributed by atoms with Crippen LogP contribution in [0.25, 0.3) is 0 Å². The maximum atomic E-state index is 12.6. The smallest absolute Gasteiger partial charge is 0.242 e. The molecule has 1 saturated heterocycles. The van der Waals surface area contributed by atoms with Crippen LogP contribution in [0.3, 0.4) is 0 Å². The summed E-state index contributed by atoms with van der Waals surface area (Å²) >= 11 is 0. The predicted molar refractivity (Wildman–Crippen MR) is 92.6 cm³/mol. The lowest BCUT2D eigenvalue weighted by molar-refractivity contribution is -0.137. The number of amidine groups is 1. The number of aliphatic imine (C=N–C) groups is 1. The van der Waals surface area contributed by atoms with E-state index >= 15 is 0 Å². The quantitative estimate of drug-likeness (QED) is 0.743. The Balaban J connectivity index is 1.46. The fourth-order valence-electron chi connectivity index (χ4n) is 4.34. The predicted octanol–water partition coefficient (Wildman–Crippen LogP) is 2.44. The monoisotopic (exact) mass is 327 g/mol. The topological polar surface area (TPSA) is 53.0 Å². The van der Waals surface area contributed by atoms with Crippen molar-refractivity contribution in [2.75, 3.05) is 19.6 Å². The second kappa shape index (κ2) is 6.54. The zero-order chi connectivity index (χ0) is 16.5. The molecule has 128 valence electrons. The molecule has 2 aliphatic heterocycles. The number of rotatable bonds is 1. The molecule has 0 unspecified atom stereocenters. The molecular formula is C19H25N3O2. The number of Topliss-reactive ketones (excluding diaryl/α,β-unsaturated/α-hetero) is 1. The van der Waals surface area contributed by atoms with Crippen LogP contribution in [-0.4, -0.2) is 53.0 Å². The van der Waals surface area contributed by atoms with Crippen molar-refractivity contribution in [1.29, 1.82) is 0 Å². The molecule has 0 N–H and O–H groups in total. The number of allylic oxidation sites excluding steroid dienone is 3. The molecule has 0 aromatic rings. The van der Waals surface area contributed by atoms with Crippen molar-refractivity contribution in [3.63, 3.8) is 0 Å². The first kappa shape index (κ1) is 15.6. The van der Waals surface area contributed by atoms with E-state index in [1.165, 1.54) is 19.3 Å². The first-order valence-corrected chi connectivity index (χ1v) is 9.27. The molecule has 1 saturated carbocycles. The third-order valence-corrected chi connectivity index (χ3v) is 5.69. The molecule has 2 aliphatic carbocycles. The Morgan fingerprint density at radius 1 is 1.08 bits per heavy atom. The average molecular weight is 327 g/mol. The molecule has 0 atom stereocenters. The number of carbonyl (C=O) groups excluding carboxylic acids is 2. The number of carbonyl (C=O) groups is 2. The Morgan fingerprint density at radius 3 is 2.71 bits per heavy atom. The summed E-state index contributed by atoms with van der Waals surface area (Å²) in [5.74, 6) is 1.16. The molecule has 2 fully saturated rings. The molecule has 24 heavy (non-hydrogen) atoms. The fraction of sp³-hybridized carbons (Fsp3) is 0.632. The summed E-state index contributed by atoms with van der Waals surface area (Å²) < 4.78 is 0. The number of hydrogen-bond acceptors (Lipinski definition) is 4. The Morgan fingerprint density at radius 2 is 1.92 bits per heavy atom. The molecule has 4 rings (SSSR count). The van der Waals surface area contributed by atoms with Crippen molar-refractivity contribution in [1.82, 2.24) is 9.80 Å². The van der Waals surface area contributed by atoms with E-state index in [9.17, 15) is 9.59 Å². The summed E-state index contributed by atoms with van der Waals surface area (Å²) in [6.07, 6.45) is 12.2. The van der Waals surface area contributed by atoms with Crippen LogP contribution in [0.15, 0.2) is 28.4 Å². The van der Waals surface area contributed by atoms with Crippen LogP contribution in [0.5, 0.6) is 0 Å². The molecule has 0 bridgehead atoms. The summed E-state index contributed by atoms with van der Waals surface area (Å²) in [6, 6.07) is 0.430. The molecule has 0 aromatic heterocycles. The summed E-state index contributed by atoms with van der Waals surface area (Å²) in [6.45, 7) is 1.92. The summed E-state index contributed by atoms with van der Waals surface area (Å²) in [7, 11) is 0. The maximum Gasteiger partial charge on any atom is 0.242 e. The van der Waals surface area contributed by atoms with Gasteiger partial charge in [0.25, 0.3) is 0 Å². The van der Waals surface area contributed by atoms with Gasteiger partial charge in [0.05, 0.1) is 18.7 Å². The highest BCUT2D eigenvalue weighted by atomic mass is 16.2. The van der Waals surface area contributed by atoms with Crippen LogP contribution in [-0.2, 0) is 9.59 Å². The van der Waals surface area contributed by atoms with Crippen LogP contribution in [0.1, 0.15) is 51.4 Å². The maximum absolute atomic E-state index is 12.6. The van der Waals surface area contributed by atoms with Gasteiger partial charge in [-0.05, 0) is 31.8 Å². The molecule has 0 radical (unpaired) electrons. The van der Waals surface area contributed by atoms with E-state index in [0.717, 1.165) is 55.9 Å². The zero-order valence-corrected chi connectivity index (χ0v) is 14.2.